The average molecular weight is 498 g/mol. The first-order valence-corrected chi connectivity index (χ1v) is 8.11. The van der Waals surface area contributed by atoms with Crippen molar-refractivity contribution in [1.82, 2.24) is 20.2 Å². The van der Waals surface area contributed by atoms with E-state index in [0.717, 1.165) is 28.2 Å². The minimum Gasteiger partial charge on any atom is -0.297 e. The summed E-state index contributed by atoms with van der Waals surface area (Å²) in [6.07, 6.45) is 5.03. The van der Waals surface area contributed by atoms with Crippen LogP contribution in [0.15, 0.2) is 17.0 Å². The summed E-state index contributed by atoms with van der Waals surface area (Å²) in [6.45, 7) is 4.65. The van der Waals surface area contributed by atoms with E-state index in [2.05, 4.69) is 33.0 Å². The quantitative estimate of drug-likeness (QED) is 0.657. The molecule has 1 aliphatic heterocycles. The van der Waals surface area contributed by atoms with Crippen molar-refractivity contribution in [2.75, 3.05) is 11.1 Å². The van der Waals surface area contributed by atoms with Gasteiger partial charge in [0.25, 0.3) is 0 Å². The molecule has 1 N–H and O–H groups in total. The number of hydrogen-bond donors (Lipinski definition) is 1. The van der Waals surface area contributed by atoms with Gasteiger partial charge in [-0.1, -0.05) is 23.8 Å². The Balaban J connectivity index is 0.00000192. The fourth-order valence-electron chi connectivity index (χ4n) is 2.32. The first-order chi connectivity index (χ1) is 10.7. The maximum Gasteiger partial charge on any atom is 0.249 e. The van der Waals surface area contributed by atoms with E-state index in [1.54, 1.807) is 22.5 Å². The maximum absolute atomic E-state index is 12.5. The molecule has 0 aliphatic carbocycles. The van der Waals surface area contributed by atoms with E-state index >= 15 is 0 Å². The third kappa shape index (κ3) is 3.72. The summed E-state index contributed by atoms with van der Waals surface area (Å²) in [7, 11) is 0. The Morgan fingerprint density at radius 2 is 2.35 bits per heavy atom. The third-order valence-corrected chi connectivity index (χ3v) is 4.58. The molecule has 0 saturated heterocycles. The van der Waals surface area contributed by atoms with Gasteiger partial charge >= 0.3 is 0 Å². The Labute approximate surface area is 153 Å². The zero-order valence-corrected chi connectivity index (χ0v) is 16.6. The first-order valence-electron chi connectivity index (χ1n) is 7.13. The van der Waals surface area contributed by atoms with E-state index in [1.807, 2.05) is 19.9 Å². The van der Waals surface area contributed by atoms with E-state index in [9.17, 15) is 4.79 Å². The Bertz CT molecular complexity index is 743. The Kier molecular flexibility index (Phi) is 6.13. The van der Waals surface area contributed by atoms with Gasteiger partial charge in [-0.3, -0.25) is 10.1 Å². The molecule has 0 radical (unpaired) electrons. The third-order valence-electron chi connectivity index (χ3n) is 3.41. The molecule has 8 heteroatoms. The van der Waals surface area contributed by atoms with Crippen molar-refractivity contribution in [3.8, 4) is 0 Å². The van der Waals surface area contributed by atoms with Crippen LogP contribution in [0.3, 0.4) is 0 Å². The number of aromatic nitrogens is 4. The largest absolute Gasteiger partial charge is 0.297 e. The summed E-state index contributed by atoms with van der Waals surface area (Å²) in [6, 6.07) is 4.90. The van der Waals surface area contributed by atoms with Gasteiger partial charge < -0.3 is 0 Å². The van der Waals surface area contributed by atoms with Crippen molar-refractivity contribution in [1.29, 1.82) is 0 Å². The van der Waals surface area contributed by atoms with E-state index < -0.39 is 0 Å². The zero-order chi connectivity index (χ0) is 15.5. The first kappa shape index (κ1) is 17.9. The topological polar surface area (TPSA) is 72.7 Å². The molecule has 120 valence electrons. The van der Waals surface area contributed by atoms with E-state index in [0.29, 0.717) is 18.1 Å². The van der Waals surface area contributed by atoms with E-state index in [-0.39, 0.29) is 27.0 Å². The number of thioether (sulfide) groups is 1. The van der Waals surface area contributed by atoms with Crippen LogP contribution in [-0.4, -0.2) is 31.9 Å². The van der Waals surface area contributed by atoms with Gasteiger partial charge in [0.05, 0.1) is 0 Å². The van der Waals surface area contributed by atoms with Crippen LogP contribution in [0.4, 0.5) is 5.95 Å². The number of nitrogens with zero attached hydrogens (tertiary/aromatic N) is 4. The van der Waals surface area contributed by atoms with Gasteiger partial charge in [0.1, 0.15) is 0 Å². The Hall–Kier alpha value is -1.46. The summed E-state index contributed by atoms with van der Waals surface area (Å²) in [4.78, 5) is 13.6. The normalized spacial score (nSPS) is 12.4. The van der Waals surface area contributed by atoms with Crippen molar-refractivity contribution < 1.29 is 25.9 Å². The standard InChI is InChI=1S/C15H16N5OS.W/c1-3-8-20-15(17-18-19-20)16-14(21)12-7-6-11-5-4-9-22-13(11)10(12)2;/h4-5,7H,3,8-9H2,1-2H3,(H,16,17,19,21);/q-1;. The summed E-state index contributed by atoms with van der Waals surface area (Å²) < 4.78 is 1.59. The van der Waals surface area contributed by atoms with Crippen LogP contribution in [-0.2, 0) is 27.6 Å². The van der Waals surface area contributed by atoms with Crippen LogP contribution in [0.2, 0.25) is 0 Å². The fraction of sp³-hybridized carbons (Fsp3) is 0.333. The van der Waals surface area contributed by atoms with Crippen molar-refractivity contribution in [3.63, 3.8) is 0 Å². The molecule has 2 aromatic rings. The second-order valence-corrected chi connectivity index (χ2v) is 5.99. The molecular formula is C15H16N5OSW-. The molecule has 0 spiro atoms. The summed E-state index contributed by atoms with van der Waals surface area (Å²) in [5.41, 5.74) is 2.61. The number of fused-ring (bicyclic) bond motifs is 1. The van der Waals surface area contributed by atoms with Gasteiger partial charge in [0.15, 0.2) is 0 Å². The van der Waals surface area contributed by atoms with Crippen LogP contribution in [0, 0.1) is 13.0 Å². The predicted molar refractivity (Wildman–Crippen MR) is 85.8 cm³/mol. The van der Waals surface area contributed by atoms with E-state index in [1.165, 1.54) is 0 Å². The second kappa shape index (κ2) is 7.88. The van der Waals surface area contributed by atoms with E-state index in [4.69, 9.17) is 0 Å². The Morgan fingerprint density at radius 1 is 1.52 bits per heavy atom. The van der Waals surface area contributed by atoms with Gasteiger partial charge in [0.2, 0.25) is 11.9 Å². The summed E-state index contributed by atoms with van der Waals surface area (Å²) in [5, 5.41) is 14.1. The van der Waals surface area contributed by atoms with Crippen LogP contribution < -0.4 is 5.32 Å². The molecule has 0 unspecified atom stereocenters. The van der Waals surface area contributed by atoms with Crippen LogP contribution in [0.5, 0.6) is 0 Å². The maximum atomic E-state index is 12.5. The van der Waals surface area contributed by atoms with Gasteiger partial charge in [-0.15, -0.1) is 35.4 Å². The molecule has 23 heavy (non-hydrogen) atoms. The monoisotopic (exact) mass is 498 g/mol. The van der Waals surface area contributed by atoms with Crippen molar-refractivity contribution >= 4 is 29.7 Å². The molecule has 1 aromatic carbocycles. The number of carbonyl (C=O) groups is 1. The molecule has 1 aliphatic rings. The predicted octanol–water partition coefficient (Wildman–Crippen LogP) is 2.56. The molecule has 1 aromatic heterocycles. The summed E-state index contributed by atoms with van der Waals surface area (Å²) in [5.74, 6) is 1.08. The van der Waals surface area contributed by atoms with Gasteiger partial charge in [-0.05, 0) is 28.2 Å². The zero-order valence-electron chi connectivity index (χ0n) is 12.9. The molecule has 0 bridgehead atoms. The van der Waals surface area contributed by atoms with Gasteiger partial charge in [0, 0.05) is 27.6 Å². The van der Waals surface area contributed by atoms with Crippen molar-refractivity contribution in [2.24, 2.45) is 0 Å². The molecule has 1 amide bonds. The number of benzene rings is 1. The molecule has 3 rings (SSSR count). The van der Waals surface area contributed by atoms with Gasteiger partial charge in [-0.25, -0.2) is 4.68 Å². The molecule has 2 heterocycles. The van der Waals surface area contributed by atoms with Gasteiger partial charge in [-0.2, -0.15) is 11.8 Å². The SMILES string of the molecule is CCCn1nnnc1NC(=O)c1c[c-]c2c(c1C)SCC=C2.[W]. The number of nitrogens with one attached hydrogen (secondary N) is 1. The van der Waals surface area contributed by atoms with Crippen LogP contribution in [0.1, 0.15) is 34.8 Å². The number of aryl methyl sites for hydroxylation is 1. The molecule has 0 fully saturated rings. The number of rotatable bonds is 4. The number of tetrazole rings is 1. The summed E-state index contributed by atoms with van der Waals surface area (Å²) >= 11 is 1.72. The Morgan fingerprint density at radius 3 is 3.13 bits per heavy atom. The van der Waals surface area contributed by atoms with Crippen LogP contribution in [0.25, 0.3) is 6.08 Å². The number of carbonyl (C=O) groups excluding carboxylic acids is 1. The van der Waals surface area contributed by atoms with Crippen LogP contribution >= 0.6 is 11.8 Å². The van der Waals surface area contributed by atoms with Crippen molar-refractivity contribution in [2.45, 2.75) is 31.7 Å². The molecular weight excluding hydrogens is 482 g/mol. The minimum atomic E-state index is -0.209. The molecule has 0 atom stereocenters. The fourth-order valence-corrected chi connectivity index (χ4v) is 3.28. The smallest absolute Gasteiger partial charge is 0.249 e. The molecule has 0 saturated carbocycles. The van der Waals surface area contributed by atoms with Crippen molar-refractivity contribution in [3.05, 3.63) is 34.9 Å². The molecule has 6 nitrogen and oxygen atoms in total. The second-order valence-electron chi connectivity index (χ2n) is 4.96. The number of amides is 1. The number of hydrogen-bond acceptors (Lipinski definition) is 5. The number of anilines is 1. The average Bonchev–Trinajstić information content (AvgIpc) is 2.95. The minimum absolute atomic E-state index is 0.